The molecule has 8 nitrogen and oxygen atoms in total. The number of nitrogens with zero attached hydrogens (tertiary/aromatic N) is 2. The van der Waals surface area contributed by atoms with Gasteiger partial charge >= 0.3 is 5.97 Å². The minimum atomic E-state index is -3.55. The van der Waals surface area contributed by atoms with Gasteiger partial charge in [-0.25, -0.2) is 17.2 Å². The number of carboxylic acid groups (broad SMARTS) is 1. The maximum Gasteiger partial charge on any atom is 0.303 e. The molecular weight excluding hydrogens is 624 g/mol. The second-order valence-corrected chi connectivity index (χ2v) is 15.4. The Hall–Kier alpha value is -4.38. The first-order chi connectivity index (χ1) is 22.4. The standard InChI is InChI=1S/C36H37F2N3O5S/c1-36(2)15-4-7-33(24-6-3-5-23(19-24)8-11-34(42)43)41-17-13-31(40-41)28-20-25(9-10-29(28)37)46-35-27(14-18-47(44,45)22-36)26-12-16-39-32(26)21-30(35)38/h3,5-6,9-10,12,16-17,19-21,33,39H,4,7-8,11,13-15,18,22H2,1-2H3/p+1. The monoisotopic (exact) mass is 662 g/mol. The fourth-order valence-electron chi connectivity index (χ4n) is 6.68. The number of halogens is 2. The van der Waals surface area contributed by atoms with E-state index in [1.165, 1.54) is 24.3 Å². The molecule has 2 aliphatic rings. The fraction of sp³-hybridized carbons (Fsp3) is 0.361. The molecule has 1 unspecified atom stereocenters. The Morgan fingerprint density at radius 1 is 1.13 bits per heavy atom. The van der Waals surface area contributed by atoms with Crippen LogP contribution in [0.2, 0.25) is 0 Å². The van der Waals surface area contributed by atoms with E-state index >= 15 is 8.78 Å². The van der Waals surface area contributed by atoms with Gasteiger partial charge in [-0.3, -0.25) is 4.79 Å². The van der Waals surface area contributed by atoms with Crippen LogP contribution in [-0.2, 0) is 27.5 Å². The number of hydrazone groups is 1. The molecule has 0 amide bonds. The van der Waals surface area contributed by atoms with E-state index in [0.29, 0.717) is 54.3 Å². The second-order valence-electron chi connectivity index (χ2n) is 13.2. The molecule has 4 aromatic rings. The lowest BCUT2D eigenvalue weighted by atomic mass is 9.87. The second kappa shape index (κ2) is 13.0. The number of aryl methyl sites for hydroxylation is 2. The highest BCUT2D eigenvalue weighted by Crippen LogP contribution is 2.37. The fourth-order valence-corrected chi connectivity index (χ4v) is 8.68. The SMILES string of the molecule is CC1(C)CCCC(c2cccc(CCC(=O)O)c2)[N+]2=CCC(=N2)c2cc(ccc2F)Oc2c(F)cc3[nH]ccc3c2CCS(=O)(=O)C1. The molecule has 0 radical (unpaired) electrons. The third-order valence-corrected chi connectivity index (χ3v) is 11.0. The van der Waals surface area contributed by atoms with Gasteiger partial charge in [-0.1, -0.05) is 36.7 Å². The highest BCUT2D eigenvalue weighted by molar-refractivity contribution is 7.91. The molecule has 0 spiro atoms. The summed E-state index contributed by atoms with van der Waals surface area (Å²) in [6.45, 7) is 3.89. The minimum absolute atomic E-state index is 0.0110. The number of hydrogen-bond acceptors (Lipinski definition) is 5. The lowest BCUT2D eigenvalue weighted by Gasteiger charge is -2.25. The van der Waals surface area contributed by atoms with Crippen molar-refractivity contribution in [2.45, 2.75) is 64.8 Å². The Kier molecular flexibility index (Phi) is 9.02. The van der Waals surface area contributed by atoms with Crippen LogP contribution in [-0.4, -0.2) is 52.6 Å². The molecule has 0 fully saturated rings. The molecule has 3 aromatic carbocycles. The molecule has 0 saturated heterocycles. The van der Waals surface area contributed by atoms with Gasteiger partial charge in [0.1, 0.15) is 17.3 Å². The zero-order valence-electron chi connectivity index (χ0n) is 26.4. The van der Waals surface area contributed by atoms with Crippen LogP contribution in [0.25, 0.3) is 10.9 Å². The summed E-state index contributed by atoms with van der Waals surface area (Å²) < 4.78 is 65.8. The molecule has 6 rings (SSSR count). The number of benzene rings is 3. The number of fused-ring (bicyclic) bond motifs is 7. The smallest absolute Gasteiger partial charge is 0.303 e. The first-order valence-corrected chi connectivity index (χ1v) is 17.7. The van der Waals surface area contributed by atoms with Gasteiger partial charge in [0.15, 0.2) is 27.6 Å². The molecular formula is C36H38F2N3O5S+. The molecule has 1 aromatic heterocycles. The number of rotatable bonds is 4. The zero-order chi connectivity index (χ0) is 33.3. The van der Waals surface area contributed by atoms with E-state index in [-0.39, 0.29) is 47.5 Å². The van der Waals surface area contributed by atoms with Crippen molar-refractivity contribution in [1.82, 2.24) is 4.98 Å². The van der Waals surface area contributed by atoms with Gasteiger partial charge < -0.3 is 14.8 Å². The van der Waals surface area contributed by atoms with Crippen molar-refractivity contribution in [2.75, 3.05) is 11.5 Å². The lowest BCUT2D eigenvalue weighted by molar-refractivity contribution is -0.572. The number of sulfone groups is 1. The van der Waals surface area contributed by atoms with Crippen molar-refractivity contribution in [3.05, 3.63) is 94.7 Å². The molecule has 47 heavy (non-hydrogen) atoms. The average Bonchev–Trinajstić information content (AvgIpc) is 3.68. The van der Waals surface area contributed by atoms with Crippen LogP contribution < -0.4 is 4.74 Å². The van der Waals surface area contributed by atoms with Crippen LogP contribution >= 0.6 is 0 Å². The molecule has 0 saturated carbocycles. The number of H-pyrrole nitrogens is 1. The maximum absolute atomic E-state index is 15.6. The normalized spacial score (nSPS) is 19.5. The summed E-state index contributed by atoms with van der Waals surface area (Å²) in [5.74, 6) is -2.13. The van der Waals surface area contributed by atoms with Gasteiger partial charge in [0.2, 0.25) is 6.04 Å². The van der Waals surface area contributed by atoms with Crippen LogP contribution in [0, 0.1) is 17.0 Å². The lowest BCUT2D eigenvalue weighted by Crippen LogP contribution is -2.27. The molecule has 11 heteroatoms. The summed E-state index contributed by atoms with van der Waals surface area (Å²) in [5.41, 5.74) is 2.98. The molecule has 2 N–H and O–H groups in total. The van der Waals surface area contributed by atoms with Gasteiger partial charge in [0, 0.05) is 52.7 Å². The number of aromatic amines is 1. The quantitative estimate of drug-likeness (QED) is 0.222. The van der Waals surface area contributed by atoms with E-state index in [4.69, 9.17) is 9.84 Å². The molecule has 246 valence electrons. The van der Waals surface area contributed by atoms with Crippen molar-refractivity contribution < 1.29 is 36.5 Å². The minimum Gasteiger partial charge on any atom is -0.481 e. The third kappa shape index (κ3) is 7.45. The van der Waals surface area contributed by atoms with Crippen LogP contribution in [0.3, 0.4) is 0 Å². The van der Waals surface area contributed by atoms with Crippen molar-refractivity contribution >= 4 is 38.6 Å². The Labute approximate surface area is 272 Å². The summed E-state index contributed by atoms with van der Waals surface area (Å²) in [7, 11) is -3.55. The van der Waals surface area contributed by atoms with Gasteiger partial charge in [0.25, 0.3) is 0 Å². The van der Waals surface area contributed by atoms with Gasteiger partial charge in [-0.2, -0.15) is 0 Å². The van der Waals surface area contributed by atoms with Crippen molar-refractivity contribution in [1.29, 1.82) is 0 Å². The first-order valence-electron chi connectivity index (χ1n) is 15.8. The predicted molar refractivity (Wildman–Crippen MR) is 177 cm³/mol. The Bertz CT molecular complexity index is 2020. The van der Waals surface area contributed by atoms with E-state index in [2.05, 4.69) is 4.98 Å². The number of ether oxygens (including phenoxy) is 1. The van der Waals surface area contributed by atoms with Gasteiger partial charge in [-0.15, -0.1) is 0 Å². The summed E-state index contributed by atoms with van der Waals surface area (Å²) in [6.07, 6.45) is 6.33. The van der Waals surface area contributed by atoms with Crippen molar-refractivity contribution in [3.8, 4) is 11.5 Å². The number of aromatic nitrogens is 1. The van der Waals surface area contributed by atoms with Gasteiger partial charge in [-0.05, 0) is 72.1 Å². The largest absolute Gasteiger partial charge is 0.481 e. The van der Waals surface area contributed by atoms with E-state index in [1.54, 1.807) is 12.3 Å². The van der Waals surface area contributed by atoms with Crippen molar-refractivity contribution in [3.63, 3.8) is 0 Å². The molecule has 3 heterocycles. The molecule has 2 aliphatic heterocycles. The number of carboxylic acids is 1. The Balaban J connectivity index is 1.42. The summed E-state index contributed by atoms with van der Waals surface area (Å²) in [5, 5.41) is 14.7. The van der Waals surface area contributed by atoms with E-state index in [9.17, 15) is 18.3 Å². The van der Waals surface area contributed by atoms with Crippen molar-refractivity contribution in [2.24, 2.45) is 10.5 Å². The summed E-state index contributed by atoms with van der Waals surface area (Å²) in [6, 6.07) is 14.8. The van der Waals surface area contributed by atoms with Crippen LogP contribution in [0.1, 0.15) is 74.2 Å². The van der Waals surface area contributed by atoms with Crippen LogP contribution in [0.4, 0.5) is 8.78 Å². The first kappa shape index (κ1) is 32.6. The number of carbonyl (C=O) groups is 1. The zero-order valence-corrected chi connectivity index (χ0v) is 27.2. The molecule has 0 aliphatic carbocycles. The van der Waals surface area contributed by atoms with Crippen LogP contribution in [0.5, 0.6) is 11.5 Å². The maximum atomic E-state index is 15.6. The number of hydrogen-bond donors (Lipinski definition) is 2. The molecule has 1 atom stereocenters. The topological polar surface area (TPSA) is 112 Å². The number of aliphatic carboxylic acids is 1. The van der Waals surface area contributed by atoms with Gasteiger partial charge in [0.05, 0.1) is 17.9 Å². The predicted octanol–water partition coefficient (Wildman–Crippen LogP) is 7.36. The van der Waals surface area contributed by atoms with E-state index in [1.807, 2.05) is 49.0 Å². The van der Waals surface area contributed by atoms with E-state index < -0.39 is 32.9 Å². The van der Waals surface area contributed by atoms with Crippen LogP contribution in [0.15, 0.2) is 65.9 Å². The summed E-state index contributed by atoms with van der Waals surface area (Å²) in [4.78, 5) is 14.2. The average molecular weight is 663 g/mol. The van der Waals surface area contributed by atoms with E-state index in [0.717, 1.165) is 11.1 Å². The Morgan fingerprint density at radius 2 is 1.96 bits per heavy atom. The molecule has 4 bridgehead atoms. The Morgan fingerprint density at radius 3 is 2.77 bits per heavy atom. The number of nitrogens with one attached hydrogen (secondary N) is 1. The summed E-state index contributed by atoms with van der Waals surface area (Å²) >= 11 is 0. The third-order valence-electron chi connectivity index (χ3n) is 8.93. The highest BCUT2D eigenvalue weighted by atomic mass is 32.2. The highest BCUT2D eigenvalue weighted by Gasteiger charge is 2.33.